The third-order valence-electron chi connectivity index (χ3n) is 5.20. The van der Waals surface area contributed by atoms with E-state index in [1.165, 1.54) is 13.2 Å². The number of aryl methyl sites for hydroxylation is 1. The van der Waals surface area contributed by atoms with Gasteiger partial charge in [-0.3, -0.25) is 0 Å². The molecule has 0 aliphatic carbocycles. The van der Waals surface area contributed by atoms with Crippen molar-refractivity contribution < 1.29 is 13.9 Å². The van der Waals surface area contributed by atoms with E-state index in [9.17, 15) is 9.18 Å². The normalized spacial score (nSPS) is 10.9. The topological polar surface area (TPSA) is 67.0 Å². The van der Waals surface area contributed by atoms with Crippen molar-refractivity contribution in [3.63, 3.8) is 0 Å². The van der Waals surface area contributed by atoms with Gasteiger partial charge in [0.05, 0.1) is 23.5 Å². The van der Waals surface area contributed by atoms with Gasteiger partial charge in [0, 0.05) is 22.7 Å². The van der Waals surface area contributed by atoms with Gasteiger partial charge in [-0.1, -0.05) is 36.9 Å². The molecule has 2 aromatic carbocycles. The summed E-state index contributed by atoms with van der Waals surface area (Å²) in [5.74, 6) is 0.409. The molecule has 0 aliphatic heterocycles. The largest absolute Gasteiger partial charge is 0.453 e. The van der Waals surface area contributed by atoms with Crippen molar-refractivity contribution in [1.29, 1.82) is 0 Å². The van der Waals surface area contributed by atoms with Crippen LogP contribution in [0.5, 0.6) is 0 Å². The molecule has 1 aromatic heterocycles. The van der Waals surface area contributed by atoms with Gasteiger partial charge in [0.25, 0.3) is 0 Å². The van der Waals surface area contributed by atoms with Crippen LogP contribution in [0, 0.1) is 5.82 Å². The van der Waals surface area contributed by atoms with Crippen LogP contribution in [-0.2, 0) is 11.2 Å². The van der Waals surface area contributed by atoms with Gasteiger partial charge >= 0.3 is 6.09 Å². The van der Waals surface area contributed by atoms with Crippen molar-refractivity contribution in [3.05, 3.63) is 63.5 Å². The first-order chi connectivity index (χ1) is 15.5. The van der Waals surface area contributed by atoms with Crippen molar-refractivity contribution in [2.45, 2.75) is 38.5 Å². The van der Waals surface area contributed by atoms with Crippen molar-refractivity contribution >= 4 is 33.6 Å². The Morgan fingerprint density at radius 3 is 2.66 bits per heavy atom. The Balaban J connectivity index is 1.53. The van der Waals surface area contributed by atoms with Crippen molar-refractivity contribution in [2.24, 2.45) is 0 Å². The van der Waals surface area contributed by atoms with Crippen LogP contribution in [0.4, 0.5) is 9.18 Å². The Labute approximate surface area is 200 Å². The van der Waals surface area contributed by atoms with Crippen LogP contribution in [-0.4, -0.2) is 29.7 Å². The van der Waals surface area contributed by atoms with Gasteiger partial charge in [-0.05, 0) is 71.1 Å². The van der Waals surface area contributed by atoms with E-state index in [4.69, 9.17) is 11.6 Å². The summed E-state index contributed by atoms with van der Waals surface area (Å²) in [4.78, 5) is 18.7. The summed E-state index contributed by atoms with van der Waals surface area (Å²) >= 11 is 9.59. The number of hydrogen-bond donors (Lipinski definition) is 2. The Morgan fingerprint density at radius 1 is 1.12 bits per heavy atom. The number of benzene rings is 2. The molecule has 0 fully saturated rings. The van der Waals surface area contributed by atoms with E-state index in [1.54, 1.807) is 12.3 Å². The monoisotopic (exact) mass is 521 g/mol. The highest BCUT2D eigenvalue weighted by atomic mass is 79.9. The molecule has 170 valence electrons. The second-order valence-electron chi connectivity index (χ2n) is 7.52. The molecular weight excluding hydrogens is 497 g/mol. The van der Waals surface area contributed by atoms with E-state index < -0.39 is 0 Å². The minimum atomic E-state index is -0.382. The SMILES string of the molecule is COC(=O)NCCCCCCCc1cc(-c2ncc(-c3ccc(Br)c(F)c3)[nH]2)ccc1Cl. The molecule has 1 amide bonds. The number of imidazole rings is 1. The number of amides is 1. The Bertz CT molecular complexity index is 1060. The summed E-state index contributed by atoms with van der Waals surface area (Å²) in [6.07, 6.45) is 7.45. The fourth-order valence-electron chi connectivity index (χ4n) is 3.43. The van der Waals surface area contributed by atoms with E-state index in [2.05, 4.69) is 42.0 Å². The number of nitrogens with zero attached hydrogens (tertiary/aromatic N) is 1. The number of unbranched alkanes of at least 4 members (excludes halogenated alkanes) is 4. The molecule has 0 aliphatic rings. The highest BCUT2D eigenvalue weighted by molar-refractivity contribution is 9.10. The zero-order valence-electron chi connectivity index (χ0n) is 17.9. The molecule has 0 radical (unpaired) electrons. The lowest BCUT2D eigenvalue weighted by molar-refractivity contribution is 0.171. The van der Waals surface area contributed by atoms with E-state index in [-0.39, 0.29) is 11.9 Å². The van der Waals surface area contributed by atoms with Crippen molar-refractivity contribution in [2.75, 3.05) is 13.7 Å². The van der Waals surface area contributed by atoms with Crippen LogP contribution in [0.1, 0.15) is 37.7 Å². The number of carbonyl (C=O) groups excluding carboxylic acids is 1. The first-order valence-electron chi connectivity index (χ1n) is 10.6. The van der Waals surface area contributed by atoms with Gasteiger partial charge < -0.3 is 15.0 Å². The van der Waals surface area contributed by atoms with Gasteiger partial charge in [-0.25, -0.2) is 14.2 Å². The Kier molecular flexibility index (Phi) is 9.11. The fourth-order valence-corrected chi connectivity index (χ4v) is 3.88. The van der Waals surface area contributed by atoms with Gasteiger partial charge in [0.2, 0.25) is 0 Å². The average molecular weight is 523 g/mol. The maximum Gasteiger partial charge on any atom is 0.406 e. The van der Waals surface area contributed by atoms with Crippen LogP contribution >= 0.6 is 27.5 Å². The van der Waals surface area contributed by atoms with Gasteiger partial charge in [0.15, 0.2) is 0 Å². The first kappa shape index (κ1) is 24.3. The number of ether oxygens (including phenoxy) is 1. The highest BCUT2D eigenvalue weighted by Gasteiger charge is 2.10. The summed E-state index contributed by atoms with van der Waals surface area (Å²) in [6, 6.07) is 10.9. The average Bonchev–Trinajstić information content (AvgIpc) is 3.28. The molecule has 0 saturated heterocycles. The number of alkyl carbamates (subject to hydrolysis) is 1. The second-order valence-corrected chi connectivity index (χ2v) is 8.78. The molecule has 5 nitrogen and oxygen atoms in total. The third kappa shape index (κ3) is 6.81. The molecule has 3 aromatic rings. The lowest BCUT2D eigenvalue weighted by Gasteiger charge is -2.07. The number of aromatic nitrogens is 2. The number of halogens is 3. The smallest absolute Gasteiger partial charge is 0.406 e. The molecular formula is C24H26BrClFN3O2. The predicted octanol–water partition coefficient (Wildman–Crippen LogP) is 7.15. The quantitative estimate of drug-likeness (QED) is 0.278. The maximum absolute atomic E-state index is 13.9. The zero-order chi connectivity index (χ0) is 22.9. The maximum atomic E-state index is 13.9. The summed E-state index contributed by atoms with van der Waals surface area (Å²) in [5.41, 5.74) is 3.52. The number of hydrogen-bond acceptors (Lipinski definition) is 3. The predicted molar refractivity (Wildman–Crippen MR) is 129 cm³/mol. The van der Waals surface area contributed by atoms with Gasteiger partial charge in [0.1, 0.15) is 11.6 Å². The summed E-state index contributed by atoms with van der Waals surface area (Å²) < 4.78 is 18.8. The molecule has 0 unspecified atom stereocenters. The summed E-state index contributed by atoms with van der Waals surface area (Å²) in [7, 11) is 1.36. The number of methoxy groups -OCH3 is 1. The van der Waals surface area contributed by atoms with Gasteiger partial charge in [-0.15, -0.1) is 0 Å². The van der Waals surface area contributed by atoms with Crippen LogP contribution in [0.2, 0.25) is 5.02 Å². The van der Waals surface area contributed by atoms with E-state index in [1.807, 2.05) is 18.2 Å². The van der Waals surface area contributed by atoms with E-state index in [0.717, 1.165) is 71.8 Å². The number of H-pyrrole nitrogens is 1. The lowest BCUT2D eigenvalue weighted by atomic mass is 10.0. The molecule has 2 N–H and O–H groups in total. The minimum Gasteiger partial charge on any atom is -0.453 e. The summed E-state index contributed by atoms with van der Waals surface area (Å²) in [6.45, 7) is 0.637. The second kappa shape index (κ2) is 12.0. The summed E-state index contributed by atoms with van der Waals surface area (Å²) in [5, 5.41) is 3.44. The van der Waals surface area contributed by atoms with E-state index in [0.29, 0.717) is 11.0 Å². The van der Waals surface area contributed by atoms with Crippen molar-refractivity contribution in [1.82, 2.24) is 15.3 Å². The highest BCUT2D eigenvalue weighted by Crippen LogP contribution is 2.28. The molecule has 0 bridgehead atoms. The van der Waals surface area contributed by atoms with Crippen LogP contribution in [0.3, 0.4) is 0 Å². The number of carbonyl (C=O) groups is 1. The first-order valence-corrected chi connectivity index (χ1v) is 11.8. The van der Waals surface area contributed by atoms with Crippen molar-refractivity contribution in [3.8, 4) is 22.6 Å². The molecule has 32 heavy (non-hydrogen) atoms. The van der Waals surface area contributed by atoms with Crippen LogP contribution in [0.25, 0.3) is 22.6 Å². The number of rotatable bonds is 10. The van der Waals surface area contributed by atoms with Crippen LogP contribution in [0.15, 0.2) is 47.1 Å². The molecule has 0 spiro atoms. The van der Waals surface area contributed by atoms with Gasteiger partial charge in [-0.2, -0.15) is 0 Å². The molecule has 8 heteroatoms. The molecule has 1 heterocycles. The zero-order valence-corrected chi connectivity index (χ0v) is 20.2. The van der Waals surface area contributed by atoms with Crippen LogP contribution < -0.4 is 5.32 Å². The number of aromatic amines is 1. The Morgan fingerprint density at radius 2 is 1.88 bits per heavy atom. The lowest BCUT2D eigenvalue weighted by Crippen LogP contribution is -2.23. The molecule has 3 rings (SSSR count). The third-order valence-corrected chi connectivity index (χ3v) is 6.22. The fraction of sp³-hybridized carbons (Fsp3) is 0.333. The molecule has 0 saturated carbocycles. The van der Waals surface area contributed by atoms with E-state index >= 15 is 0 Å². The standard InChI is InChI=1S/C24H26BrClFN3O2/c1-32-24(31)28-12-6-4-2-3-5-7-16-13-18(9-11-20(16)26)23-29-15-22(30-23)17-8-10-19(25)21(27)14-17/h8-11,13-15H,2-7,12H2,1H3,(H,28,31)(H,29,30). The number of nitrogens with one attached hydrogen (secondary N) is 2. The minimum absolute atomic E-state index is 0.313. The Hall–Kier alpha value is -2.38. The molecule has 0 atom stereocenters.